The van der Waals surface area contributed by atoms with Crippen molar-refractivity contribution in [1.29, 1.82) is 0 Å². The van der Waals surface area contributed by atoms with Crippen molar-refractivity contribution in [1.82, 2.24) is 4.98 Å². The van der Waals surface area contributed by atoms with E-state index in [1.807, 2.05) is 32.9 Å². The number of carbonyl (C=O) groups is 2. The lowest BCUT2D eigenvalue weighted by molar-refractivity contribution is -0.384. The van der Waals surface area contributed by atoms with Crippen molar-refractivity contribution in [2.24, 2.45) is 0 Å². The van der Waals surface area contributed by atoms with Gasteiger partial charge in [-0.1, -0.05) is 6.07 Å². The summed E-state index contributed by atoms with van der Waals surface area (Å²) in [5, 5.41) is 10.7. The maximum Gasteiger partial charge on any atom is 0.416 e. The quantitative estimate of drug-likeness (QED) is 0.190. The second-order valence-corrected chi connectivity index (χ2v) is 8.95. The first-order valence-corrected chi connectivity index (χ1v) is 11.1. The predicted molar refractivity (Wildman–Crippen MR) is 122 cm³/mol. The van der Waals surface area contributed by atoms with Crippen LogP contribution in [-0.2, 0) is 22.4 Å². The Morgan fingerprint density at radius 2 is 1.85 bits per heavy atom. The maximum absolute atomic E-state index is 12.6. The minimum Gasteiger partial charge on any atom is -0.443 e. The predicted octanol–water partition coefficient (Wildman–Crippen LogP) is 5.00. The molecule has 33 heavy (non-hydrogen) atoms. The third kappa shape index (κ3) is 7.00. The molecule has 0 saturated heterocycles. The molecule has 1 aromatic carbocycles. The number of nitro benzene ring substituents is 1. The highest BCUT2D eigenvalue weighted by atomic mass is 16.6. The van der Waals surface area contributed by atoms with Crippen molar-refractivity contribution < 1.29 is 24.0 Å². The van der Waals surface area contributed by atoms with Crippen LogP contribution in [0.15, 0.2) is 36.4 Å². The Morgan fingerprint density at radius 3 is 2.52 bits per heavy atom. The summed E-state index contributed by atoms with van der Waals surface area (Å²) in [6, 6.07) is 9.38. The topological polar surface area (TPSA) is 112 Å². The van der Waals surface area contributed by atoms with E-state index in [9.17, 15) is 19.7 Å². The molecule has 1 amide bonds. The molecule has 0 bridgehead atoms. The van der Waals surface area contributed by atoms with Gasteiger partial charge in [0.1, 0.15) is 17.2 Å². The van der Waals surface area contributed by atoms with Crippen LogP contribution >= 0.6 is 0 Å². The first-order chi connectivity index (χ1) is 15.6. The lowest BCUT2D eigenvalue weighted by Gasteiger charge is -2.31. The fraction of sp³-hybridized carbons (Fsp3) is 0.458. The van der Waals surface area contributed by atoms with Gasteiger partial charge in [-0.05, 0) is 76.6 Å². The van der Waals surface area contributed by atoms with Crippen molar-refractivity contribution in [2.75, 3.05) is 11.4 Å². The molecule has 2 aromatic rings. The van der Waals surface area contributed by atoms with Crippen LogP contribution in [0.25, 0.3) is 0 Å². The van der Waals surface area contributed by atoms with Crippen LogP contribution in [0.2, 0.25) is 0 Å². The van der Waals surface area contributed by atoms with E-state index in [4.69, 9.17) is 14.5 Å². The number of benzene rings is 1. The Hall–Kier alpha value is -3.49. The zero-order valence-electron chi connectivity index (χ0n) is 19.2. The third-order valence-electron chi connectivity index (χ3n) is 5.05. The number of hydrogen-bond donors (Lipinski definition) is 0. The Morgan fingerprint density at radius 1 is 1.12 bits per heavy atom. The number of ether oxygens (including phenoxy) is 2. The first kappa shape index (κ1) is 24.2. The van der Waals surface area contributed by atoms with E-state index >= 15 is 0 Å². The number of anilines is 1. The number of nitrogens with zero attached hydrogens (tertiary/aromatic N) is 3. The molecule has 0 fully saturated rings. The van der Waals surface area contributed by atoms with Gasteiger partial charge in [-0.15, -0.1) is 0 Å². The van der Waals surface area contributed by atoms with Gasteiger partial charge in [0, 0.05) is 30.8 Å². The molecule has 2 heterocycles. The summed E-state index contributed by atoms with van der Waals surface area (Å²) in [5.41, 5.74) is 1.25. The maximum atomic E-state index is 12.6. The average molecular weight is 456 g/mol. The summed E-state index contributed by atoms with van der Waals surface area (Å²) in [7, 11) is 0. The molecular formula is C24H29N3O6. The molecule has 0 atom stereocenters. The van der Waals surface area contributed by atoms with Crippen molar-refractivity contribution in [3.63, 3.8) is 0 Å². The molecule has 0 unspecified atom stereocenters. The number of esters is 1. The number of carbonyl (C=O) groups excluding carboxylic acids is 2. The summed E-state index contributed by atoms with van der Waals surface area (Å²) in [6.07, 6.45) is 3.59. The number of pyridine rings is 1. The molecule has 1 aliphatic heterocycles. The number of hydrogen-bond acceptors (Lipinski definition) is 7. The molecule has 0 aliphatic carbocycles. The van der Waals surface area contributed by atoms with Crippen molar-refractivity contribution in [3.8, 4) is 5.75 Å². The molecule has 0 saturated carbocycles. The zero-order valence-corrected chi connectivity index (χ0v) is 19.2. The number of non-ortho nitro benzene ring substituents is 1. The van der Waals surface area contributed by atoms with Crippen LogP contribution in [0.1, 0.15) is 57.7 Å². The number of unbranched alkanes of at least 4 members (excludes halogenated alkanes) is 1. The summed E-state index contributed by atoms with van der Waals surface area (Å²) in [4.78, 5) is 41.1. The van der Waals surface area contributed by atoms with Crippen molar-refractivity contribution >= 4 is 23.6 Å². The Bertz CT molecular complexity index is 1010. The van der Waals surface area contributed by atoms with Crippen LogP contribution in [0.3, 0.4) is 0 Å². The lowest BCUT2D eigenvalue weighted by atomic mass is 10.0. The van der Waals surface area contributed by atoms with Crippen molar-refractivity contribution in [3.05, 3.63) is 57.8 Å². The summed E-state index contributed by atoms with van der Waals surface area (Å²) < 4.78 is 10.7. The highest BCUT2D eigenvalue weighted by Crippen LogP contribution is 2.27. The molecule has 1 aliphatic rings. The molecule has 1 aromatic heterocycles. The number of fused-ring (bicyclic) bond motifs is 1. The molecule has 0 spiro atoms. The smallest absolute Gasteiger partial charge is 0.416 e. The Kier molecular flexibility index (Phi) is 7.63. The van der Waals surface area contributed by atoms with Gasteiger partial charge in [0.25, 0.3) is 5.69 Å². The molecule has 3 rings (SSSR count). The van der Waals surface area contributed by atoms with Gasteiger partial charge in [-0.2, -0.15) is 0 Å². The van der Waals surface area contributed by atoms with Crippen LogP contribution < -0.4 is 9.64 Å². The molecule has 9 heteroatoms. The standard InChI is InChI=1S/C24H29N3O6/c1-24(2,3)33-23(29)26-16-6-7-17-10-11-18(25-22(17)26)8-4-5-9-21(28)32-20-14-12-19(13-15-20)27(30)31/h10-15H,4-9,16H2,1-3H3. The fourth-order valence-corrected chi connectivity index (χ4v) is 3.51. The van der Waals surface area contributed by atoms with Gasteiger partial charge >= 0.3 is 12.1 Å². The van der Waals surface area contributed by atoms with Gasteiger partial charge in [0.15, 0.2) is 0 Å². The van der Waals surface area contributed by atoms with E-state index in [2.05, 4.69) is 0 Å². The second-order valence-electron chi connectivity index (χ2n) is 8.95. The van der Waals surface area contributed by atoms with E-state index in [-0.39, 0.29) is 24.0 Å². The normalized spacial score (nSPS) is 13.2. The highest BCUT2D eigenvalue weighted by molar-refractivity contribution is 5.88. The van der Waals surface area contributed by atoms with Gasteiger partial charge in [0.05, 0.1) is 4.92 Å². The Labute approximate surface area is 192 Å². The molecule has 9 nitrogen and oxygen atoms in total. The third-order valence-corrected chi connectivity index (χ3v) is 5.05. The van der Waals surface area contributed by atoms with E-state index in [1.165, 1.54) is 24.3 Å². The number of rotatable bonds is 7. The second kappa shape index (κ2) is 10.4. The molecular weight excluding hydrogens is 426 g/mol. The van der Waals surface area contributed by atoms with Crippen LogP contribution in [0.5, 0.6) is 5.75 Å². The highest BCUT2D eigenvalue weighted by Gasteiger charge is 2.28. The van der Waals surface area contributed by atoms with Crippen LogP contribution in [0, 0.1) is 10.1 Å². The van der Waals surface area contributed by atoms with Gasteiger partial charge in [-0.3, -0.25) is 19.8 Å². The van der Waals surface area contributed by atoms with E-state index < -0.39 is 16.5 Å². The molecule has 176 valence electrons. The summed E-state index contributed by atoms with van der Waals surface area (Å²) in [6.45, 7) is 6.09. The number of aromatic nitrogens is 1. The van der Waals surface area contributed by atoms with E-state index in [0.717, 1.165) is 30.5 Å². The van der Waals surface area contributed by atoms with Crippen molar-refractivity contribution in [2.45, 2.75) is 64.9 Å². The summed E-state index contributed by atoms with van der Waals surface area (Å²) in [5.74, 6) is 0.549. The SMILES string of the molecule is CC(C)(C)OC(=O)N1CCCc2ccc(CCCCC(=O)Oc3ccc([N+](=O)[O-])cc3)nc21. The zero-order chi connectivity index (χ0) is 24.0. The summed E-state index contributed by atoms with van der Waals surface area (Å²) >= 11 is 0. The van der Waals surface area contributed by atoms with Gasteiger partial charge < -0.3 is 9.47 Å². The number of nitro groups is 1. The van der Waals surface area contributed by atoms with Gasteiger partial charge in [-0.25, -0.2) is 9.78 Å². The molecule has 0 N–H and O–H groups in total. The largest absolute Gasteiger partial charge is 0.443 e. The average Bonchev–Trinajstić information content (AvgIpc) is 2.75. The van der Waals surface area contributed by atoms with Crippen LogP contribution in [-0.4, -0.2) is 34.1 Å². The fourth-order valence-electron chi connectivity index (χ4n) is 3.51. The minimum atomic E-state index is -0.574. The van der Waals surface area contributed by atoms with Gasteiger partial charge in [0.2, 0.25) is 0 Å². The molecule has 0 radical (unpaired) electrons. The lowest BCUT2D eigenvalue weighted by Crippen LogP contribution is -2.40. The monoisotopic (exact) mass is 455 g/mol. The number of aryl methyl sites for hydroxylation is 2. The number of amides is 1. The van der Waals surface area contributed by atoms with E-state index in [0.29, 0.717) is 25.2 Å². The Balaban J connectivity index is 1.50. The van der Waals surface area contributed by atoms with E-state index in [1.54, 1.807) is 4.90 Å². The minimum absolute atomic E-state index is 0.0578. The first-order valence-electron chi connectivity index (χ1n) is 11.1. The van der Waals surface area contributed by atoms with Crippen LogP contribution in [0.4, 0.5) is 16.3 Å².